The number of amides is 1. The lowest BCUT2D eigenvalue weighted by atomic mass is 9.80. The maximum absolute atomic E-state index is 12.9. The highest BCUT2D eigenvalue weighted by Crippen LogP contribution is 2.45. The molecule has 1 unspecified atom stereocenters. The number of aliphatic hydroxyl groups excluding tert-OH is 1. The smallest absolute Gasteiger partial charge is 0.254 e. The van der Waals surface area contributed by atoms with Crippen molar-refractivity contribution in [3.8, 4) is 0 Å². The summed E-state index contributed by atoms with van der Waals surface area (Å²) in [5, 5.41) is 9.74. The first-order valence-electron chi connectivity index (χ1n) is 8.14. The zero-order valence-corrected chi connectivity index (χ0v) is 15.4. The first-order valence-corrected chi connectivity index (χ1v) is 11.2. The Morgan fingerprint density at radius 1 is 1.38 bits per heavy atom. The van der Waals surface area contributed by atoms with E-state index in [1.165, 1.54) is 12.1 Å². The van der Waals surface area contributed by atoms with Crippen molar-refractivity contribution < 1.29 is 18.3 Å². The van der Waals surface area contributed by atoms with Gasteiger partial charge in [-0.2, -0.15) is 11.8 Å². The van der Waals surface area contributed by atoms with Crippen LogP contribution in [0.4, 0.5) is 0 Å². The molecule has 2 heterocycles. The monoisotopic (exact) mass is 369 g/mol. The maximum atomic E-state index is 12.9. The SMILES string of the molecule is CS(=O)(=O)c1cccc(C(=O)N2CC3(CCSCC3)CC2CO)c1. The van der Waals surface area contributed by atoms with Gasteiger partial charge in [0, 0.05) is 18.4 Å². The fourth-order valence-electron chi connectivity index (χ4n) is 3.76. The number of thioether (sulfide) groups is 1. The van der Waals surface area contributed by atoms with Crippen molar-refractivity contribution in [3.05, 3.63) is 29.8 Å². The Morgan fingerprint density at radius 2 is 2.08 bits per heavy atom. The van der Waals surface area contributed by atoms with E-state index in [2.05, 4.69) is 0 Å². The van der Waals surface area contributed by atoms with Crippen molar-refractivity contribution in [2.45, 2.75) is 30.2 Å². The van der Waals surface area contributed by atoms with Crippen LogP contribution in [0.15, 0.2) is 29.2 Å². The topological polar surface area (TPSA) is 74.7 Å². The van der Waals surface area contributed by atoms with E-state index in [0.29, 0.717) is 12.1 Å². The van der Waals surface area contributed by atoms with Gasteiger partial charge in [-0.05, 0) is 54.4 Å². The largest absolute Gasteiger partial charge is 0.394 e. The quantitative estimate of drug-likeness (QED) is 0.879. The molecule has 0 aliphatic carbocycles. The molecule has 0 saturated carbocycles. The highest BCUT2D eigenvalue weighted by atomic mass is 32.2. The second-order valence-corrected chi connectivity index (χ2v) is 10.1. The molecule has 24 heavy (non-hydrogen) atoms. The highest BCUT2D eigenvalue weighted by Gasteiger charge is 2.46. The van der Waals surface area contributed by atoms with Gasteiger partial charge < -0.3 is 10.0 Å². The fourth-order valence-corrected chi connectivity index (χ4v) is 5.78. The summed E-state index contributed by atoms with van der Waals surface area (Å²) >= 11 is 1.94. The number of carbonyl (C=O) groups is 1. The lowest BCUT2D eigenvalue weighted by Gasteiger charge is -2.32. The van der Waals surface area contributed by atoms with Gasteiger partial charge in [-0.1, -0.05) is 6.07 Å². The molecule has 2 fully saturated rings. The van der Waals surface area contributed by atoms with Crippen molar-refractivity contribution in [2.24, 2.45) is 5.41 Å². The Morgan fingerprint density at radius 3 is 2.71 bits per heavy atom. The zero-order valence-electron chi connectivity index (χ0n) is 13.8. The van der Waals surface area contributed by atoms with Crippen LogP contribution in [-0.2, 0) is 9.84 Å². The van der Waals surface area contributed by atoms with Crippen LogP contribution >= 0.6 is 11.8 Å². The summed E-state index contributed by atoms with van der Waals surface area (Å²) in [7, 11) is -3.35. The number of likely N-dealkylation sites (tertiary alicyclic amines) is 1. The van der Waals surface area contributed by atoms with Crippen LogP contribution in [-0.4, -0.2) is 61.3 Å². The number of rotatable bonds is 3. The Bertz CT molecular complexity index is 726. The molecule has 0 radical (unpaired) electrons. The highest BCUT2D eigenvalue weighted by molar-refractivity contribution is 7.99. The Hall–Kier alpha value is -1.05. The van der Waals surface area contributed by atoms with E-state index >= 15 is 0 Å². The summed E-state index contributed by atoms with van der Waals surface area (Å²) in [4.78, 5) is 14.8. The molecule has 1 aromatic rings. The van der Waals surface area contributed by atoms with Crippen LogP contribution in [0.3, 0.4) is 0 Å². The Kier molecular flexibility index (Phi) is 4.95. The Labute approximate surface area is 147 Å². The molecule has 1 N–H and O–H groups in total. The van der Waals surface area contributed by atoms with Crippen LogP contribution in [0.1, 0.15) is 29.6 Å². The molecule has 132 valence electrons. The minimum atomic E-state index is -3.35. The van der Waals surface area contributed by atoms with Crippen LogP contribution in [0.5, 0.6) is 0 Å². The number of sulfone groups is 1. The predicted octanol–water partition coefficient (Wildman–Crippen LogP) is 1.81. The van der Waals surface area contributed by atoms with Crippen molar-refractivity contribution in [1.82, 2.24) is 4.90 Å². The van der Waals surface area contributed by atoms with E-state index in [1.807, 2.05) is 11.8 Å². The second kappa shape index (κ2) is 6.69. The molecular formula is C17H23NO4S2. The van der Waals surface area contributed by atoms with Crippen LogP contribution in [0.2, 0.25) is 0 Å². The van der Waals surface area contributed by atoms with Crippen LogP contribution < -0.4 is 0 Å². The minimum Gasteiger partial charge on any atom is -0.394 e. The number of hydrogen-bond donors (Lipinski definition) is 1. The van der Waals surface area contributed by atoms with Gasteiger partial charge in [0.1, 0.15) is 0 Å². The lowest BCUT2D eigenvalue weighted by molar-refractivity contribution is 0.0666. The van der Waals surface area contributed by atoms with Crippen molar-refractivity contribution >= 4 is 27.5 Å². The van der Waals surface area contributed by atoms with Gasteiger partial charge >= 0.3 is 0 Å². The second-order valence-electron chi connectivity index (χ2n) is 6.89. The third-order valence-corrected chi connectivity index (χ3v) is 7.25. The van der Waals surface area contributed by atoms with Gasteiger partial charge in [0.2, 0.25) is 0 Å². The average molecular weight is 370 g/mol. The van der Waals surface area contributed by atoms with Gasteiger partial charge in [0.05, 0.1) is 17.5 Å². The van der Waals surface area contributed by atoms with E-state index in [-0.39, 0.29) is 28.9 Å². The molecule has 2 aliphatic rings. The number of hydrogen-bond acceptors (Lipinski definition) is 5. The van der Waals surface area contributed by atoms with Crippen molar-refractivity contribution in [1.29, 1.82) is 0 Å². The summed E-state index contributed by atoms with van der Waals surface area (Å²) < 4.78 is 23.4. The fraction of sp³-hybridized carbons (Fsp3) is 0.588. The Balaban J connectivity index is 1.86. The number of aliphatic hydroxyl groups is 1. The summed E-state index contributed by atoms with van der Waals surface area (Å²) in [5.41, 5.74) is 0.488. The van der Waals surface area contributed by atoms with E-state index in [0.717, 1.165) is 37.0 Å². The molecule has 0 bridgehead atoms. The molecular weight excluding hydrogens is 346 g/mol. The lowest BCUT2D eigenvalue weighted by Crippen LogP contribution is -2.38. The molecule has 3 rings (SSSR count). The summed E-state index contributed by atoms with van der Waals surface area (Å²) in [6.45, 7) is 0.604. The summed E-state index contributed by atoms with van der Waals surface area (Å²) in [5.74, 6) is 2.02. The van der Waals surface area contributed by atoms with E-state index in [1.54, 1.807) is 17.0 Å². The summed E-state index contributed by atoms with van der Waals surface area (Å²) in [6.07, 6.45) is 4.11. The molecule has 1 amide bonds. The van der Waals surface area contributed by atoms with E-state index in [9.17, 15) is 18.3 Å². The number of nitrogens with zero attached hydrogens (tertiary/aromatic N) is 1. The molecule has 2 saturated heterocycles. The molecule has 7 heteroatoms. The van der Waals surface area contributed by atoms with Crippen LogP contribution in [0, 0.1) is 5.41 Å². The van der Waals surface area contributed by atoms with Crippen molar-refractivity contribution in [2.75, 3.05) is 30.9 Å². The van der Waals surface area contributed by atoms with Gasteiger partial charge in [0.15, 0.2) is 9.84 Å². The summed E-state index contributed by atoms with van der Waals surface area (Å²) in [6, 6.07) is 6.00. The molecule has 1 spiro atoms. The average Bonchev–Trinajstić information content (AvgIpc) is 2.92. The predicted molar refractivity (Wildman–Crippen MR) is 95.1 cm³/mol. The van der Waals surface area contributed by atoms with E-state index in [4.69, 9.17) is 0 Å². The molecule has 0 aromatic heterocycles. The molecule has 5 nitrogen and oxygen atoms in total. The van der Waals surface area contributed by atoms with Gasteiger partial charge in [-0.15, -0.1) is 0 Å². The van der Waals surface area contributed by atoms with Crippen molar-refractivity contribution in [3.63, 3.8) is 0 Å². The van der Waals surface area contributed by atoms with Gasteiger partial charge in [0.25, 0.3) is 5.91 Å². The third kappa shape index (κ3) is 3.48. The number of benzene rings is 1. The van der Waals surface area contributed by atoms with Gasteiger partial charge in [-0.25, -0.2) is 8.42 Å². The standard InChI is InChI=1S/C17H23NO4S2/c1-24(21,22)15-4-2-3-13(9-15)16(20)18-12-17(10-14(18)11-19)5-7-23-8-6-17/h2-4,9,14,19H,5-8,10-12H2,1H3. The molecule has 1 aromatic carbocycles. The maximum Gasteiger partial charge on any atom is 0.254 e. The first kappa shape index (κ1) is 17.8. The van der Waals surface area contributed by atoms with Crippen LogP contribution in [0.25, 0.3) is 0 Å². The van der Waals surface area contributed by atoms with E-state index < -0.39 is 9.84 Å². The van der Waals surface area contributed by atoms with Gasteiger partial charge in [-0.3, -0.25) is 4.79 Å². The third-order valence-electron chi connectivity index (χ3n) is 5.15. The number of carbonyl (C=O) groups excluding carboxylic acids is 1. The normalized spacial score (nSPS) is 23.6. The molecule has 1 atom stereocenters. The minimum absolute atomic E-state index is 0.0492. The molecule has 2 aliphatic heterocycles. The zero-order chi connectivity index (χ0) is 17.4. The first-order chi connectivity index (χ1) is 11.3.